The lowest BCUT2D eigenvalue weighted by Gasteiger charge is -2.24. The van der Waals surface area contributed by atoms with Gasteiger partial charge in [-0.05, 0) is 43.2 Å². The SMILES string of the molecule is Cc1ccccc1C(CC(C)C)NC(=O)[C@@H]1CC[C@H](CN)O1. The number of benzene rings is 1. The minimum absolute atomic E-state index is 0.00940. The first kappa shape index (κ1) is 17.0. The molecule has 4 heteroatoms. The third-order valence-corrected chi connectivity index (χ3v) is 4.25. The van der Waals surface area contributed by atoms with Gasteiger partial charge in [-0.3, -0.25) is 4.79 Å². The minimum Gasteiger partial charge on any atom is -0.364 e. The van der Waals surface area contributed by atoms with Gasteiger partial charge in [-0.1, -0.05) is 38.1 Å². The summed E-state index contributed by atoms with van der Waals surface area (Å²) in [4.78, 5) is 12.5. The van der Waals surface area contributed by atoms with E-state index in [0.717, 1.165) is 19.3 Å². The van der Waals surface area contributed by atoms with Crippen molar-refractivity contribution in [2.45, 2.75) is 58.3 Å². The number of nitrogens with one attached hydrogen (secondary N) is 1. The van der Waals surface area contributed by atoms with E-state index in [-0.39, 0.29) is 24.2 Å². The molecule has 1 heterocycles. The van der Waals surface area contributed by atoms with Crippen molar-refractivity contribution in [1.29, 1.82) is 0 Å². The van der Waals surface area contributed by atoms with Gasteiger partial charge in [0.05, 0.1) is 12.1 Å². The third kappa shape index (κ3) is 4.31. The highest BCUT2D eigenvalue weighted by Crippen LogP contribution is 2.26. The van der Waals surface area contributed by atoms with E-state index in [1.807, 2.05) is 12.1 Å². The molecule has 2 rings (SSSR count). The van der Waals surface area contributed by atoms with Crippen LogP contribution in [0.3, 0.4) is 0 Å². The molecular formula is C18H28N2O2. The highest BCUT2D eigenvalue weighted by atomic mass is 16.5. The Hall–Kier alpha value is -1.39. The normalized spacial score (nSPS) is 22.8. The Morgan fingerprint density at radius 3 is 2.68 bits per heavy atom. The molecule has 1 aliphatic rings. The summed E-state index contributed by atoms with van der Waals surface area (Å²) in [6.07, 6.45) is 2.22. The molecule has 0 spiro atoms. The number of ether oxygens (including phenoxy) is 1. The minimum atomic E-state index is -0.354. The lowest BCUT2D eigenvalue weighted by molar-refractivity contribution is -0.132. The van der Waals surface area contributed by atoms with Crippen LogP contribution < -0.4 is 11.1 Å². The van der Waals surface area contributed by atoms with Crippen molar-refractivity contribution in [3.8, 4) is 0 Å². The maximum atomic E-state index is 12.5. The summed E-state index contributed by atoms with van der Waals surface area (Å²) in [5.41, 5.74) is 8.02. The van der Waals surface area contributed by atoms with Crippen LogP contribution in [0.5, 0.6) is 0 Å². The summed E-state index contributed by atoms with van der Waals surface area (Å²) in [7, 11) is 0. The van der Waals surface area contributed by atoms with Gasteiger partial charge in [0.2, 0.25) is 5.91 Å². The molecule has 0 bridgehead atoms. The quantitative estimate of drug-likeness (QED) is 0.849. The van der Waals surface area contributed by atoms with E-state index in [1.54, 1.807) is 0 Å². The summed E-state index contributed by atoms with van der Waals surface area (Å²) in [6.45, 7) is 6.92. The molecule has 0 aliphatic carbocycles. The summed E-state index contributed by atoms with van der Waals surface area (Å²) in [5, 5.41) is 3.19. The van der Waals surface area contributed by atoms with Crippen LogP contribution in [-0.4, -0.2) is 24.7 Å². The van der Waals surface area contributed by atoms with E-state index < -0.39 is 0 Å². The Kier molecular flexibility index (Phi) is 5.98. The Bertz CT molecular complexity index is 502. The van der Waals surface area contributed by atoms with E-state index >= 15 is 0 Å². The van der Waals surface area contributed by atoms with Gasteiger partial charge in [0.15, 0.2) is 0 Å². The molecule has 1 aromatic carbocycles. The topological polar surface area (TPSA) is 64.4 Å². The van der Waals surface area contributed by atoms with Crippen molar-refractivity contribution in [3.63, 3.8) is 0 Å². The summed E-state index contributed by atoms with van der Waals surface area (Å²) < 4.78 is 5.71. The fraction of sp³-hybridized carbons (Fsp3) is 0.611. The lowest BCUT2D eigenvalue weighted by Crippen LogP contribution is -2.38. The molecule has 1 saturated heterocycles. The summed E-state index contributed by atoms with van der Waals surface area (Å²) in [5.74, 6) is 0.496. The van der Waals surface area contributed by atoms with Crippen LogP contribution in [0, 0.1) is 12.8 Å². The molecule has 0 saturated carbocycles. The van der Waals surface area contributed by atoms with Crippen molar-refractivity contribution < 1.29 is 9.53 Å². The van der Waals surface area contributed by atoms with Gasteiger partial charge in [0.25, 0.3) is 0 Å². The molecule has 1 aromatic rings. The van der Waals surface area contributed by atoms with Crippen LogP contribution in [0.15, 0.2) is 24.3 Å². The molecule has 122 valence electrons. The lowest BCUT2D eigenvalue weighted by atomic mass is 9.93. The van der Waals surface area contributed by atoms with Crippen molar-refractivity contribution in [3.05, 3.63) is 35.4 Å². The second kappa shape index (κ2) is 7.75. The molecule has 1 unspecified atom stereocenters. The number of rotatable bonds is 6. The molecular weight excluding hydrogens is 276 g/mol. The van der Waals surface area contributed by atoms with Crippen LogP contribution in [0.4, 0.5) is 0 Å². The van der Waals surface area contributed by atoms with Gasteiger partial charge in [-0.2, -0.15) is 0 Å². The monoisotopic (exact) mass is 304 g/mol. The van der Waals surface area contributed by atoms with Gasteiger partial charge >= 0.3 is 0 Å². The largest absolute Gasteiger partial charge is 0.364 e. The maximum Gasteiger partial charge on any atom is 0.249 e. The third-order valence-electron chi connectivity index (χ3n) is 4.25. The first-order valence-electron chi connectivity index (χ1n) is 8.22. The Morgan fingerprint density at radius 2 is 2.09 bits per heavy atom. The molecule has 0 radical (unpaired) electrons. The van der Waals surface area contributed by atoms with Crippen molar-refractivity contribution in [2.75, 3.05) is 6.54 Å². The number of amides is 1. The van der Waals surface area contributed by atoms with Crippen molar-refractivity contribution >= 4 is 5.91 Å². The van der Waals surface area contributed by atoms with E-state index in [1.165, 1.54) is 11.1 Å². The van der Waals surface area contributed by atoms with Crippen LogP contribution >= 0.6 is 0 Å². The number of hydrogen-bond donors (Lipinski definition) is 2. The number of aryl methyl sites for hydroxylation is 1. The van der Waals surface area contributed by atoms with E-state index in [4.69, 9.17) is 10.5 Å². The van der Waals surface area contributed by atoms with Crippen LogP contribution in [0.25, 0.3) is 0 Å². The standard InChI is InChI=1S/C18H28N2O2/c1-12(2)10-16(15-7-5-4-6-13(15)3)20-18(21)17-9-8-14(11-19)22-17/h4-7,12,14,16-17H,8-11,19H2,1-3H3,(H,20,21)/t14-,16?,17+/m1/s1. The van der Waals surface area contributed by atoms with Gasteiger partial charge in [0, 0.05) is 6.54 Å². The van der Waals surface area contributed by atoms with Crippen LogP contribution in [0.2, 0.25) is 0 Å². The first-order valence-corrected chi connectivity index (χ1v) is 8.22. The van der Waals surface area contributed by atoms with Crippen LogP contribution in [0.1, 0.15) is 50.3 Å². The number of carbonyl (C=O) groups is 1. The van der Waals surface area contributed by atoms with Crippen molar-refractivity contribution in [1.82, 2.24) is 5.32 Å². The van der Waals surface area contributed by atoms with Gasteiger partial charge in [-0.15, -0.1) is 0 Å². The molecule has 3 N–H and O–H groups in total. The molecule has 1 amide bonds. The van der Waals surface area contributed by atoms with Crippen LogP contribution in [-0.2, 0) is 9.53 Å². The number of carbonyl (C=O) groups excluding carboxylic acids is 1. The molecule has 4 nitrogen and oxygen atoms in total. The molecule has 22 heavy (non-hydrogen) atoms. The Balaban J connectivity index is 2.07. The summed E-state index contributed by atoms with van der Waals surface area (Å²) >= 11 is 0. The number of nitrogens with two attached hydrogens (primary N) is 1. The Morgan fingerprint density at radius 1 is 1.36 bits per heavy atom. The Labute approximate surface area is 133 Å². The predicted molar refractivity (Wildman–Crippen MR) is 88.5 cm³/mol. The average Bonchev–Trinajstić information content (AvgIpc) is 2.95. The van der Waals surface area contributed by atoms with Gasteiger partial charge in [-0.25, -0.2) is 0 Å². The molecule has 1 aliphatic heterocycles. The number of hydrogen-bond acceptors (Lipinski definition) is 3. The zero-order chi connectivity index (χ0) is 16.1. The van der Waals surface area contributed by atoms with E-state index in [9.17, 15) is 4.79 Å². The zero-order valence-electron chi connectivity index (χ0n) is 13.8. The van der Waals surface area contributed by atoms with Gasteiger partial charge in [0.1, 0.15) is 6.10 Å². The second-order valence-electron chi connectivity index (χ2n) is 6.61. The second-order valence-corrected chi connectivity index (χ2v) is 6.61. The maximum absolute atomic E-state index is 12.5. The fourth-order valence-electron chi connectivity index (χ4n) is 3.05. The first-order chi connectivity index (χ1) is 10.5. The summed E-state index contributed by atoms with van der Waals surface area (Å²) in [6, 6.07) is 8.28. The zero-order valence-corrected chi connectivity index (χ0v) is 13.8. The van der Waals surface area contributed by atoms with E-state index in [0.29, 0.717) is 12.5 Å². The smallest absolute Gasteiger partial charge is 0.249 e. The van der Waals surface area contributed by atoms with E-state index in [2.05, 4.69) is 38.2 Å². The molecule has 1 fully saturated rings. The predicted octanol–water partition coefficient (Wildman–Crippen LogP) is 2.70. The fourth-order valence-corrected chi connectivity index (χ4v) is 3.05. The van der Waals surface area contributed by atoms with Crippen molar-refractivity contribution in [2.24, 2.45) is 11.7 Å². The average molecular weight is 304 g/mol. The molecule has 3 atom stereocenters. The van der Waals surface area contributed by atoms with Gasteiger partial charge < -0.3 is 15.8 Å². The highest BCUT2D eigenvalue weighted by molar-refractivity contribution is 5.81. The highest BCUT2D eigenvalue weighted by Gasteiger charge is 2.31. The molecule has 0 aromatic heterocycles.